The summed E-state index contributed by atoms with van der Waals surface area (Å²) in [6, 6.07) is 14.6. The monoisotopic (exact) mass is 488 g/mol. The fraction of sp³-hybridized carbons (Fsp3) is 0.348. The summed E-state index contributed by atoms with van der Waals surface area (Å²) < 4.78 is 32.9. The Kier molecular flexibility index (Phi) is 7.11. The number of nitrogens with one attached hydrogen (secondary N) is 1. The quantitative estimate of drug-likeness (QED) is 0.546. The molecule has 2 aromatic carbocycles. The van der Waals surface area contributed by atoms with Crippen molar-refractivity contribution >= 4 is 27.5 Å². The third-order valence-electron chi connectivity index (χ3n) is 5.72. The van der Waals surface area contributed by atoms with Crippen LogP contribution in [0.25, 0.3) is 11.4 Å². The van der Waals surface area contributed by atoms with E-state index in [1.54, 1.807) is 13.0 Å². The molecule has 1 aliphatic heterocycles. The Morgan fingerprint density at radius 2 is 1.91 bits per heavy atom. The Labute approximate surface area is 198 Å². The molecule has 0 bridgehead atoms. The zero-order chi connectivity index (χ0) is 23.4. The molecular weight excluding hydrogens is 464 g/mol. The lowest BCUT2D eigenvalue weighted by Crippen LogP contribution is -2.43. The van der Waals surface area contributed by atoms with Crippen LogP contribution < -0.4 is 5.32 Å². The van der Waals surface area contributed by atoms with Gasteiger partial charge in [0, 0.05) is 38.0 Å². The summed E-state index contributed by atoms with van der Waals surface area (Å²) in [4.78, 5) is 16.7. The van der Waals surface area contributed by atoms with Gasteiger partial charge in [-0.05, 0) is 43.0 Å². The maximum atomic E-state index is 13.3. The lowest BCUT2D eigenvalue weighted by Gasteiger charge is -2.30. The Morgan fingerprint density at radius 1 is 1.18 bits per heavy atom. The number of sulfonamides is 1. The summed E-state index contributed by atoms with van der Waals surface area (Å²) in [7, 11) is -3.83. The summed E-state index contributed by atoms with van der Waals surface area (Å²) in [6.45, 7) is 2.72. The number of halogens is 1. The third kappa shape index (κ3) is 5.43. The van der Waals surface area contributed by atoms with Crippen molar-refractivity contribution in [2.24, 2.45) is 5.92 Å². The molecule has 33 heavy (non-hydrogen) atoms. The molecule has 3 aromatic rings. The van der Waals surface area contributed by atoms with Gasteiger partial charge < -0.3 is 9.84 Å². The molecule has 2 heterocycles. The topological polar surface area (TPSA) is 105 Å². The molecule has 0 radical (unpaired) electrons. The van der Waals surface area contributed by atoms with Gasteiger partial charge in [0.05, 0.1) is 5.02 Å². The molecule has 1 saturated heterocycles. The Balaban J connectivity index is 1.37. The van der Waals surface area contributed by atoms with Crippen LogP contribution in [0.5, 0.6) is 0 Å². The van der Waals surface area contributed by atoms with Crippen LogP contribution in [0.3, 0.4) is 0 Å². The number of carbonyl (C=O) groups excluding carboxylic acids is 1. The van der Waals surface area contributed by atoms with E-state index in [0.717, 1.165) is 12.0 Å². The van der Waals surface area contributed by atoms with Crippen LogP contribution in [0.15, 0.2) is 57.9 Å². The number of amides is 1. The first-order chi connectivity index (χ1) is 15.8. The van der Waals surface area contributed by atoms with Crippen LogP contribution in [0.4, 0.5) is 0 Å². The number of carbonyl (C=O) groups is 1. The van der Waals surface area contributed by atoms with Crippen molar-refractivity contribution in [3.8, 4) is 11.4 Å². The smallest absolute Gasteiger partial charge is 0.244 e. The number of piperidine rings is 1. The molecule has 1 aliphatic rings. The van der Waals surface area contributed by atoms with Crippen molar-refractivity contribution in [2.75, 3.05) is 19.6 Å². The molecule has 0 aliphatic carbocycles. The van der Waals surface area contributed by atoms with Gasteiger partial charge in [-0.3, -0.25) is 4.79 Å². The van der Waals surface area contributed by atoms with E-state index in [9.17, 15) is 13.2 Å². The van der Waals surface area contributed by atoms with Gasteiger partial charge in [-0.2, -0.15) is 9.29 Å². The molecule has 0 saturated carbocycles. The van der Waals surface area contributed by atoms with Crippen molar-refractivity contribution in [1.82, 2.24) is 19.8 Å². The number of aryl methyl sites for hydroxylation is 1. The van der Waals surface area contributed by atoms with E-state index < -0.39 is 10.0 Å². The maximum absolute atomic E-state index is 13.3. The van der Waals surface area contributed by atoms with Crippen LogP contribution in [0.2, 0.25) is 5.02 Å². The Morgan fingerprint density at radius 3 is 2.58 bits per heavy atom. The van der Waals surface area contributed by atoms with Gasteiger partial charge in [-0.1, -0.05) is 47.1 Å². The Hall–Kier alpha value is -2.75. The van der Waals surface area contributed by atoms with Crippen LogP contribution in [-0.2, 0) is 21.2 Å². The normalized spacial score (nSPS) is 15.5. The second-order valence-electron chi connectivity index (χ2n) is 7.99. The molecule has 0 atom stereocenters. The van der Waals surface area contributed by atoms with Crippen molar-refractivity contribution in [3.05, 3.63) is 65.0 Å². The number of benzene rings is 2. The van der Waals surface area contributed by atoms with E-state index in [-0.39, 0.29) is 34.8 Å². The number of rotatable bonds is 7. The fourth-order valence-electron chi connectivity index (χ4n) is 3.87. The van der Waals surface area contributed by atoms with Crippen LogP contribution >= 0.6 is 11.6 Å². The average Bonchev–Trinajstić information content (AvgIpc) is 3.26. The van der Waals surface area contributed by atoms with E-state index in [1.807, 2.05) is 30.3 Å². The summed E-state index contributed by atoms with van der Waals surface area (Å²) >= 11 is 6.25. The highest BCUT2D eigenvalue weighted by Gasteiger charge is 2.33. The van der Waals surface area contributed by atoms with E-state index in [1.165, 1.54) is 16.4 Å². The van der Waals surface area contributed by atoms with Gasteiger partial charge in [0.1, 0.15) is 4.90 Å². The van der Waals surface area contributed by atoms with Gasteiger partial charge in [0.25, 0.3) is 0 Å². The Bertz CT molecular complexity index is 1220. The molecule has 0 unspecified atom stereocenters. The number of aromatic nitrogens is 2. The predicted octanol–water partition coefficient (Wildman–Crippen LogP) is 3.46. The van der Waals surface area contributed by atoms with Crippen molar-refractivity contribution in [1.29, 1.82) is 0 Å². The lowest BCUT2D eigenvalue weighted by molar-refractivity contribution is -0.126. The zero-order valence-electron chi connectivity index (χ0n) is 18.2. The lowest BCUT2D eigenvalue weighted by atomic mass is 9.97. The van der Waals surface area contributed by atoms with E-state index in [2.05, 4.69) is 15.5 Å². The molecule has 1 amide bonds. The summed E-state index contributed by atoms with van der Waals surface area (Å²) in [5.74, 6) is 0.437. The maximum Gasteiger partial charge on any atom is 0.244 e. The zero-order valence-corrected chi connectivity index (χ0v) is 19.8. The largest absolute Gasteiger partial charge is 0.356 e. The summed E-state index contributed by atoms with van der Waals surface area (Å²) in [5.41, 5.74) is 1.66. The van der Waals surface area contributed by atoms with Crippen LogP contribution in [-0.4, -0.2) is 48.4 Å². The van der Waals surface area contributed by atoms with Crippen molar-refractivity contribution in [3.63, 3.8) is 0 Å². The minimum atomic E-state index is -3.83. The van der Waals surface area contributed by atoms with E-state index in [4.69, 9.17) is 16.1 Å². The van der Waals surface area contributed by atoms with Gasteiger partial charge >= 0.3 is 0 Å². The van der Waals surface area contributed by atoms with E-state index >= 15 is 0 Å². The molecule has 4 rings (SSSR count). The summed E-state index contributed by atoms with van der Waals surface area (Å²) in [5, 5.41) is 6.94. The van der Waals surface area contributed by atoms with Gasteiger partial charge in [0.15, 0.2) is 0 Å². The first-order valence-corrected chi connectivity index (χ1v) is 12.6. The standard InChI is InChI=1S/C23H25ClN4O4S/c1-16-26-22(27-32-16)19-7-8-20(24)21(15-19)33(30,31)28-13-10-18(11-14-28)23(29)25-12-9-17-5-3-2-4-6-17/h2-8,15,18H,9-14H2,1H3,(H,25,29). The minimum absolute atomic E-state index is 0.00474. The molecule has 8 nitrogen and oxygen atoms in total. The highest BCUT2D eigenvalue weighted by atomic mass is 35.5. The van der Waals surface area contributed by atoms with Gasteiger partial charge in [-0.15, -0.1) is 0 Å². The van der Waals surface area contributed by atoms with Crippen molar-refractivity contribution < 1.29 is 17.7 Å². The first kappa shape index (κ1) is 23.4. The predicted molar refractivity (Wildman–Crippen MR) is 124 cm³/mol. The molecular formula is C23H25ClN4O4S. The molecule has 1 aromatic heterocycles. The fourth-order valence-corrected chi connectivity index (χ4v) is 5.84. The highest BCUT2D eigenvalue weighted by molar-refractivity contribution is 7.89. The van der Waals surface area contributed by atoms with E-state index in [0.29, 0.717) is 36.7 Å². The van der Waals surface area contributed by atoms with Crippen molar-refractivity contribution in [2.45, 2.75) is 31.1 Å². The minimum Gasteiger partial charge on any atom is -0.356 e. The third-order valence-corrected chi connectivity index (χ3v) is 8.10. The number of hydrogen-bond acceptors (Lipinski definition) is 6. The number of nitrogens with zero attached hydrogens (tertiary/aromatic N) is 3. The van der Waals surface area contributed by atoms with Gasteiger partial charge in [0.2, 0.25) is 27.6 Å². The summed E-state index contributed by atoms with van der Waals surface area (Å²) in [6.07, 6.45) is 1.67. The molecule has 10 heteroatoms. The SMILES string of the molecule is Cc1nc(-c2ccc(Cl)c(S(=O)(=O)N3CCC(C(=O)NCCc4ccccc4)CC3)c2)no1. The van der Waals surface area contributed by atoms with Crippen LogP contribution in [0.1, 0.15) is 24.3 Å². The average molecular weight is 489 g/mol. The molecule has 174 valence electrons. The molecule has 0 spiro atoms. The first-order valence-electron chi connectivity index (χ1n) is 10.8. The second kappa shape index (κ2) is 10.0. The second-order valence-corrected chi connectivity index (χ2v) is 10.3. The molecule has 1 N–H and O–H groups in total. The molecule has 1 fully saturated rings. The van der Waals surface area contributed by atoms with Crippen LogP contribution in [0, 0.1) is 12.8 Å². The highest BCUT2D eigenvalue weighted by Crippen LogP contribution is 2.31. The number of hydrogen-bond donors (Lipinski definition) is 1. The van der Waals surface area contributed by atoms with Gasteiger partial charge in [-0.25, -0.2) is 8.42 Å².